The molecule has 2 rings (SSSR count). The molecule has 94 valence electrons. The lowest BCUT2D eigenvalue weighted by Gasteiger charge is -2.11. The normalized spacial score (nSPS) is 10.6. The molecule has 0 aliphatic rings. The van der Waals surface area contributed by atoms with Gasteiger partial charge >= 0.3 is 12.0 Å². The molecule has 0 saturated heterocycles. The summed E-state index contributed by atoms with van der Waals surface area (Å²) in [7, 11) is 0. The van der Waals surface area contributed by atoms with E-state index in [1.54, 1.807) is 16.7 Å². The molecule has 0 fully saturated rings. The molecule has 1 aromatic carbocycles. The maximum Gasteiger partial charge on any atom is 0.356 e. The van der Waals surface area contributed by atoms with Crippen LogP contribution in [0.3, 0.4) is 0 Å². The Morgan fingerprint density at radius 2 is 2.00 bits per heavy atom. The standard InChI is InChI=1S/C13H14N2O3/c1-9(2)15-8-11(12(16)17)14-13(15)18-10-6-4-3-5-7-10/h3-9H,1-2H3,(H,16,17). The van der Waals surface area contributed by atoms with Crippen LogP contribution in [0.15, 0.2) is 36.5 Å². The van der Waals surface area contributed by atoms with Crippen molar-refractivity contribution >= 4 is 5.97 Å². The van der Waals surface area contributed by atoms with Crippen LogP contribution in [0, 0.1) is 0 Å². The van der Waals surface area contributed by atoms with Gasteiger partial charge in [0.25, 0.3) is 0 Å². The third-order valence-corrected chi connectivity index (χ3v) is 2.43. The summed E-state index contributed by atoms with van der Waals surface area (Å²) in [5.74, 6) is -0.436. The predicted octanol–water partition coefficient (Wildman–Crippen LogP) is 2.95. The zero-order chi connectivity index (χ0) is 13.1. The van der Waals surface area contributed by atoms with E-state index < -0.39 is 5.97 Å². The van der Waals surface area contributed by atoms with Gasteiger partial charge in [0.15, 0.2) is 5.69 Å². The summed E-state index contributed by atoms with van der Waals surface area (Å²) < 4.78 is 7.28. The first-order valence-corrected chi connectivity index (χ1v) is 5.63. The molecule has 0 radical (unpaired) electrons. The Morgan fingerprint density at radius 1 is 1.33 bits per heavy atom. The summed E-state index contributed by atoms with van der Waals surface area (Å²) in [5.41, 5.74) is -0.0189. The topological polar surface area (TPSA) is 64.4 Å². The number of imidazole rings is 1. The van der Waals surface area contributed by atoms with E-state index in [0.717, 1.165) is 0 Å². The Hall–Kier alpha value is -2.30. The molecule has 0 spiro atoms. The van der Waals surface area contributed by atoms with Crippen molar-refractivity contribution in [2.45, 2.75) is 19.9 Å². The maximum absolute atomic E-state index is 10.9. The molecule has 5 nitrogen and oxygen atoms in total. The van der Waals surface area contributed by atoms with Gasteiger partial charge in [-0.15, -0.1) is 0 Å². The van der Waals surface area contributed by atoms with Gasteiger partial charge in [0.05, 0.1) is 0 Å². The summed E-state index contributed by atoms with van der Waals surface area (Å²) in [6.07, 6.45) is 1.48. The fourth-order valence-corrected chi connectivity index (χ4v) is 1.52. The van der Waals surface area contributed by atoms with E-state index in [1.807, 2.05) is 32.0 Å². The molecular formula is C13H14N2O3. The van der Waals surface area contributed by atoms with Crippen LogP contribution in [-0.4, -0.2) is 20.6 Å². The summed E-state index contributed by atoms with van der Waals surface area (Å²) in [6.45, 7) is 3.87. The van der Waals surface area contributed by atoms with Gasteiger partial charge in [0.2, 0.25) is 0 Å². The zero-order valence-electron chi connectivity index (χ0n) is 10.2. The van der Waals surface area contributed by atoms with Crippen LogP contribution >= 0.6 is 0 Å². The van der Waals surface area contributed by atoms with Crippen LogP contribution in [0.25, 0.3) is 0 Å². The molecule has 2 aromatic rings. The summed E-state index contributed by atoms with van der Waals surface area (Å²) in [4.78, 5) is 14.9. The van der Waals surface area contributed by atoms with Crippen LogP contribution in [0.4, 0.5) is 0 Å². The fourth-order valence-electron chi connectivity index (χ4n) is 1.52. The van der Waals surface area contributed by atoms with Crippen LogP contribution in [-0.2, 0) is 0 Å². The van der Waals surface area contributed by atoms with Gasteiger partial charge in [0, 0.05) is 12.2 Å². The maximum atomic E-state index is 10.9. The molecule has 0 bridgehead atoms. The second-order valence-electron chi connectivity index (χ2n) is 4.13. The van der Waals surface area contributed by atoms with Crippen molar-refractivity contribution < 1.29 is 14.6 Å². The zero-order valence-corrected chi connectivity index (χ0v) is 10.2. The molecule has 1 aromatic heterocycles. The quantitative estimate of drug-likeness (QED) is 0.900. The van der Waals surface area contributed by atoms with Crippen molar-refractivity contribution in [1.82, 2.24) is 9.55 Å². The molecule has 0 unspecified atom stereocenters. The average molecular weight is 246 g/mol. The molecule has 18 heavy (non-hydrogen) atoms. The van der Waals surface area contributed by atoms with E-state index in [1.165, 1.54) is 6.20 Å². The summed E-state index contributed by atoms with van der Waals surface area (Å²) in [6, 6.07) is 9.51. The van der Waals surface area contributed by atoms with Gasteiger partial charge in [0.1, 0.15) is 5.75 Å². The van der Waals surface area contributed by atoms with Gasteiger partial charge in [-0.05, 0) is 26.0 Å². The highest BCUT2D eigenvalue weighted by atomic mass is 16.5. The Morgan fingerprint density at radius 3 is 2.56 bits per heavy atom. The van der Waals surface area contributed by atoms with Gasteiger partial charge in [-0.1, -0.05) is 18.2 Å². The smallest absolute Gasteiger partial charge is 0.356 e. The lowest BCUT2D eigenvalue weighted by molar-refractivity contribution is 0.0690. The van der Waals surface area contributed by atoms with Gasteiger partial charge in [-0.2, -0.15) is 4.98 Å². The van der Waals surface area contributed by atoms with Gasteiger partial charge < -0.3 is 9.84 Å². The Kier molecular flexibility index (Phi) is 3.32. The van der Waals surface area contributed by atoms with E-state index in [0.29, 0.717) is 5.75 Å². The molecule has 0 atom stereocenters. The molecule has 0 aliphatic carbocycles. The predicted molar refractivity (Wildman–Crippen MR) is 66.1 cm³/mol. The highest BCUT2D eigenvalue weighted by molar-refractivity contribution is 5.85. The number of carboxylic acids is 1. The SMILES string of the molecule is CC(C)n1cc(C(=O)O)nc1Oc1ccccc1. The number of ether oxygens (including phenoxy) is 1. The van der Waals surface area contributed by atoms with Crippen molar-refractivity contribution in [1.29, 1.82) is 0 Å². The first-order chi connectivity index (χ1) is 8.58. The third kappa shape index (κ3) is 2.51. The molecule has 1 heterocycles. The number of hydrogen-bond acceptors (Lipinski definition) is 3. The Bertz CT molecular complexity index is 547. The van der Waals surface area contributed by atoms with Crippen LogP contribution < -0.4 is 4.74 Å². The van der Waals surface area contributed by atoms with E-state index in [2.05, 4.69) is 4.98 Å². The minimum atomic E-state index is -1.06. The highest BCUT2D eigenvalue weighted by Gasteiger charge is 2.16. The van der Waals surface area contributed by atoms with Crippen LogP contribution in [0.5, 0.6) is 11.8 Å². The first kappa shape index (κ1) is 12.2. The summed E-state index contributed by atoms with van der Waals surface area (Å²) in [5, 5.41) is 8.94. The molecule has 0 saturated carbocycles. The van der Waals surface area contributed by atoms with Gasteiger partial charge in [-0.25, -0.2) is 4.79 Å². The molecule has 1 N–H and O–H groups in total. The Labute approximate surface area is 105 Å². The number of carboxylic acid groups (broad SMARTS) is 1. The van der Waals surface area contributed by atoms with Crippen molar-refractivity contribution in [2.24, 2.45) is 0 Å². The third-order valence-electron chi connectivity index (χ3n) is 2.43. The number of benzene rings is 1. The van der Waals surface area contributed by atoms with Crippen LogP contribution in [0.1, 0.15) is 30.4 Å². The number of aromatic nitrogens is 2. The van der Waals surface area contributed by atoms with Crippen molar-refractivity contribution in [2.75, 3.05) is 0 Å². The van der Waals surface area contributed by atoms with E-state index in [4.69, 9.17) is 9.84 Å². The number of hydrogen-bond donors (Lipinski definition) is 1. The molecule has 0 amide bonds. The Balaban J connectivity index is 2.34. The second kappa shape index (κ2) is 4.91. The second-order valence-corrected chi connectivity index (χ2v) is 4.13. The average Bonchev–Trinajstić information content (AvgIpc) is 2.74. The minimum absolute atomic E-state index is 0.0189. The highest BCUT2D eigenvalue weighted by Crippen LogP contribution is 2.23. The van der Waals surface area contributed by atoms with Crippen molar-refractivity contribution in [3.8, 4) is 11.8 Å². The molecule has 0 aliphatic heterocycles. The number of para-hydroxylation sites is 1. The van der Waals surface area contributed by atoms with Crippen LogP contribution in [0.2, 0.25) is 0 Å². The number of aromatic carboxylic acids is 1. The van der Waals surface area contributed by atoms with Crippen molar-refractivity contribution in [3.05, 3.63) is 42.2 Å². The number of nitrogens with zero attached hydrogens (tertiary/aromatic N) is 2. The summed E-state index contributed by atoms with van der Waals surface area (Å²) >= 11 is 0. The fraction of sp³-hybridized carbons (Fsp3) is 0.231. The number of rotatable bonds is 4. The molecule has 5 heteroatoms. The van der Waals surface area contributed by atoms with Gasteiger partial charge in [-0.3, -0.25) is 4.57 Å². The minimum Gasteiger partial charge on any atom is -0.476 e. The lowest BCUT2D eigenvalue weighted by Crippen LogP contribution is -2.02. The van der Waals surface area contributed by atoms with Crippen molar-refractivity contribution in [3.63, 3.8) is 0 Å². The van der Waals surface area contributed by atoms with E-state index >= 15 is 0 Å². The first-order valence-electron chi connectivity index (χ1n) is 5.63. The molecular weight excluding hydrogens is 232 g/mol. The lowest BCUT2D eigenvalue weighted by atomic mass is 10.3. The van der Waals surface area contributed by atoms with E-state index in [-0.39, 0.29) is 17.7 Å². The number of carbonyl (C=O) groups is 1. The van der Waals surface area contributed by atoms with E-state index in [9.17, 15) is 4.79 Å². The monoisotopic (exact) mass is 246 g/mol. The largest absolute Gasteiger partial charge is 0.476 e.